The smallest absolute Gasteiger partial charge is 0.408 e. The maximum atomic E-state index is 13.6. The lowest BCUT2D eigenvalue weighted by Crippen LogP contribution is -2.61. The molecule has 1 amide bonds. The second-order valence-corrected chi connectivity index (χ2v) is 10.5. The molecule has 0 radical (unpaired) electrons. The van der Waals surface area contributed by atoms with Crippen LogP contribution in [0.1, 0.15) is 53.5 Å². The predicted octanol–water partition coefficient (Wildman–Crippen LogP) is 6.71. The number of amides is 1. The Balaban J connectivity index is 1.91. The van der Waals surface area contributed by atoms with E-state index in [1.807, 2.05) is 46.8 Å². The maximum absolute atomic E-state index is 13.6. The number of rotatable bonds is 7. The van der Waals surface area contributed by atoms with E-state index in [0.29, 0.717) is 17.7 Å². The molecule has 0 bridgehead atoms. The van der Waals surface area contributed by atoms with Crippen molar-refractivity contribution < 1.29 is 19.0 Å². The molecule has 1 aromatic carbocycles. The molecule has 0 spiro atoms. The molecule has 7 heteroatoms. The molecular formula is C27H34FN3O3. The van der Waals surface area contributed by atoms with E-state index in [9.17, 15) is 14.3 Å². The summed E-state index contributed by atoms with van der Waals surface area (Å²) in [6.07, 6.45) is 2.99. The Morgan fingerprint density at radius 2 is 1.85 bits per heavy atom. The third-order valence-electron chi connectivity index (χ3n) is 5.83. The van der Waals surface area contributed by atoms with E-state index >= 15 is 0 Å². The van der Waals surface area contributed by atoms with Gasteiger partial charge in [-0.25, -0.2) is 9.18 Å². The zero-order valence-corrected chi connectivity index (χ0v) is 21.0. The van der Waals surface area contributed by atoms with Crippen molar-refractivity contribution >= 4 is 17.0 Å². The van der Waals surface area contributed by atoms with Crippen LogP contribution >= 0.6 is 0 Å². The summed E-state index contributed by atoms with van der Waals surface area (Å²) in [5, 5.41) is 10.8. The molecule has 3 rings (SSSR count). The molecule has 6 nitrogen and oxygen atoms in total. The van der Waals surface area contributed by atoms with E-state index in [1.165, 1.54) is 17.0 Å². The van der Waals surface area contributed by atoms with E-state index in [1.54, 1.807) is 18.5 Å². The standard InChI is InChI=1S/C27H34FN3O3/c1-17(2)14-27(7,31(25(32)33)26(4,5)6)16-34-24-15-30-22(12-18(24)3)21-10-11-29-23-13-19(28)8-9-20(21)23/h8-13,15,17H,14,16H2,1-7H3,(H,32,33)/t27-/m0/s1. The van der Waals surface area contributed by atoms with Gasteiger partial charge in [-0.05, 0) is 76.8 Å². The minimum Gasteiger partial charge on any atom is -0.489 e. The SMILES string of the molecule is Cc1cc(-c2ccnc3cc(F)ccc23)ncc1OC[C@](C)(CC(C)C)N(C(=O)O)C(C)(C)C. The fourth-order valence-electron chi connectivity index (χ4n) is 4.84. The van der Waals surface area contributed by atoms with Crippen LogP contribution in [0.5, 0.6) is 5.75 Å². The van der Waals surface area contributed by atoms with Crippen LogP contribution < -0.4 is 4.74 Å². The van der Waals surface area contributed by atoms with Gasteiger partial charge in [0.15, 0.2) is 0 Å². The molecule has 0 saturated heterocycles. The van der Waals surface area contributed by atoms with E-state index in [4.69, 9.17) is 4.74 Å². The van der Waals surface area contributed by atoms with Gasteiger partial charge in [0, 0.05) is 28.8 Å². The van der Waals surface area contributed by atoms with Crippen molar-refractivity contribution in [3.05, 3.63) is 54.1 Å². The second-order valence-electron chi connectivity index (χ2n) is 10.5. The van der Waals surface area contributed by atoms with Crippen molar-refractivity contribution in [2.45, 2.75) is 66.0 Å². The number of benzene rings is 1. The van der Waals surface area contributed by atoms with Crippen molar-refractivity contribution in [2.75, 3.05) is 6.61 Å². The Bertz CT molecular complexity index is 1190. The van der Waals surface area contributed by atoms with E-state index < -0.39 is 17.2 Å². The first-order valence-corrected chi connectivity index (χ1v) is 11.5. The van der Waals surface area contributed by atoms with Crippen LogP contribution in [0, 0.1) is 18.7 Å². The molecule has 182 valence electrons. The van der Waals surface area contributed by atoms with Crippen LogP contribution in [0.4, 0.5) is 9.18 Å². The summed E-state index contributed by atoms with van der Waals surface area (Å²) in [5.41, 5.74) is 1.72. The first-order valence-electron chi connectivity index (χ1n) is 11.5. The van der Waals surface area contributed by atoms with Gasteiger partial charge in [-0.1, -0.05) is 13.8 Å². The number of aryl methyl sites for hydroxylation is 1. The van der Waals surface area contributed by atoms with Gasteiger partial charge in [-0.3, -0.25) is 14.9 Å². The van der Waals surface area contributed by atoms with Crippen LogP contribution in [0.3, 0.4) is 0 Å². The summed E-state index contributed by atoms with van der Waals surface area (Å²) in [6, 6.07) is 8.31. The number of halogens is 1. The highest BCUT2D eigenvalue weighted by molar-refractivity contribution is 5.93. The number of hydrogen-bond acceptors (Lipinski definition) is 4. The van der Waals surface area contributed by atoms with E-state index in [2.05, 4.69) is 23.8 Å². The molecule has 0 unspecified atom stereocenters. The average Bonchev–Trinajstić information content (AvgIpc) is 2.70. The summed E-state index contributed by atoms with van der Waals surface area (Å²) >= 11 is 0. The topological polar surface area (TPSA) is 75.6 Å². The highest BCUT2D eigenvalue weighted by Crippen LogP contribution is 2.34. The Hall–Kier alpha value is -3.22. The molecule has 1 atom stereocenters. The molecule has 2 heterocycles. The molecule has 0 aliphatic carbocycles. The fraction of sp³-hybridized carbons (Fsp3) is 0.444. The third kappa shape index (κ3) is 5.46. The number of pyridine rings is 2. The Kier molecular flexibility index (Phi) is 7.15. The lowest BCUT2D eigenvalue weighted by Gasteiger charge is -2.47. The number of ether oxygens (including phenoxy) is 1. The molecule has 0 aliphatic rings. The average molecular weight is 468 g/mol. The third-order valence-corrected chi connectivity index (χ3v) is 5.83. The van der Waals surface area contributed by atoms with Crippen molar-refractivity contribution in [1.29, 1.82) is 0 Å². The van der Waals surface area contributed by atoms with Gasteiger partial charge in [0.2, 0.25) is 0 Å². The number of aromatic nitrogens is 2. The van der Waals surface area contributed by atoms with Gasteiger partial charge < -0.3 is 9.84 Å². The first kappa shape index (κ1) is 25.4. The van der Waals surface area contributed by atoms with Crippen LogP contribution in [0.2, 0.25) is 0 Å². The minimum atomic E-state index is -0.967. The van der Waals surface area contributed by atoms with Crippen molar-refractivity contribution in [2.24, 2.45) is 5.92 Å². The van der Waals surface area contributed by atoms with Crippen molar-refractivity contribution in [3.8, 4) is 17.0 Å². The van der Waals surface area contributed by atoms with Gasteiger partial charge in [0.25, 0.3) is 0 Å². The predicted molar refractivity (Wildman–Crippen MR) is 133 cm³/mol. The summed E-state index contributed by atoms with van der Waals surface area (Å²) in [4.78, 5) is 22.6. The van der Waals surface area contributed by atoms with E-state index in [-0.39, 0.29) is 18.3 Å². The number of hydrogen-bond donors (Lipinski definition) is 1. The van der Waals surface area contributed by atoms with Gasteiger partial charge in [-0.2, -0.15) is 0 Å². The molecule has 0 saturated carbocycles. The number of carbonyl (C=O) groups is 1. The zero-order chi connectivity index (χ0) is 25.3. The normalized spacial score (nSPS) is 13.7. The van der Waals surface area contributed by atoms with Crippen molar-refractivity contribution in [1.82, 2.24) is 14.9 Å². The van der Waals surface area contributed by atoms with Crippen LogP contribution in [0.15, 0.2) is 42.7 Å². The lowest BCUT2D eigenvalue weighted by molar-refractivity contribution is -0.0110. The Morgan fingerprint density at radius 1 is 1.15 bits per heavy atom. The molecule has 0 aliphatic heterocycles. The maximum Gasteiger partial charge on any atom is 0.408 e. The highest BCUT2D eigenvalue weighted by atomic mass is 19.1. The summed E-state index contributed by atoms with van der Waals surface area (Å²) in [7, 11) is 0. The number of carboxylic acid groups (broad SMARTS) is 1. The van der Waals surface area contributed by atoms with Crippen molar-refractivity contribution in [3.63, 3.8) is 0 Å². The Morgan fingerprint density at radius 3 is 2.44 bits per heavy atom. The molecule has 3 aromatic rings. The number of fused-ring (bicyclic) bond motifs is 1. The molecule has 34 heavy (non-hydrogen) atoms. The molecular weight excluding hydrogens is 433 g/mol. The minimum absolute atomic E-state index is 0.202. The second kappa shape index (κ2) is 9.57. The van der Waals surface area contributed by atoms with Crippen LogP contribution in [-0.2, 0) is 0 Å². The quantitative estimate of drug-likeness (QED) is 0.418. The van der Waals surface area contributed by atoms with Crippen LogP contribution in [-0.4, -0.2) is 43.8 Å². The van der Waals surface area contributed by atoms with Gasteiger partial charge in [0.1, 0.15) is 18.2 Å². The zero-order valence-electron chi connectivity index (χ0n) is 21.0. The summed E-state index contributed by atoms with van der Waals surface area (Å²) in [5.74, 6) is 0.548. The van der Waals surface area contributed by atoms with Gasteiger partial charge in [-0.15, -0.1) is 0 Å². The fourth-order valence-corrected chi connectivity index (χ4v) is 4.84. The number of nitrogens with zero attached hydrogens (tertiary/aromatic N) is 3. The monoisotopic (exact) mass is 467 g/mol. The summed E-state index contributed by atoms with van der Waals surface area (Å²) in [6.45, 7) is 13.9. The highest BCUT2D eigenvalue weighted by Gasteiger charge is 2.43. The largest absolute Gasteiger partial charge is 0.489 e. The first-order chi connectivity index (χ1) is 15.8. The van der Waals surface area contributed by atoms with Gasteiger partial charge in [0.05, 0.1) is 22.9 Å². The molecule has 2 aromatic heterocycles. The summed E-state index contributed by atoms with van der Waals surface area (Å²) < 4.78 is 19.8. The van der Waals surface area contributed by atoms with E-state index in [0.717, 1.165) is 22.2 Å². The molecule has 1 N–H and O–H groups in total. The Labute approximate surface area is 200 Å². The van der Waals surface area contributed by atoms with Gasteiger partial charge >= 0.3 is 6.09 Å². The van der Waals surface area contributed by atoms with Crippen LogP contribution in [0.25, 0.3) is 22.2 Å². The lowest BCUT2D eigenvalue weighted by atomic mass is 9.86. The molecule has 0 fully saturated rings.